The molecular weight excluding hydrogens is 537 g/mol. The van der Waals surface area contributed by atoms with Crippen LogP contribution in [0.1, 0.15) is 11.6 Å². The van der Waals surface area contributed by atoms with Gasteiger partial charge in [-0.25, -0.2) is 16.8 Å². The van der Waals surface area contributed by atoms with Crippen molar-refractivity contribution in [3.63, 3.8) is 0 Å². The number of hydrogen-bond donors (Lipinski definition) is 0. The highest BCUT2D eigenvalue weighted by atomic mass is 35.5. The van der Waals surface area contributed by atoms with Gasteiger partial charge in [0.25, 0.3) is 0 Å². The number of piperazine rings is 3. The number of fused-ring (bicyclic) bond motifs is 3. The Labute approximate surface area is 189 Å². The number of alkyl halides is 7. The highest BCUT2D eigenvalue weighted by Crippen LogP contribution is 2.41. The van der Waals surface area contributed by atoms with E-state index in [1.165, 1.54) is 0 Å². The maximum atomic E-state index is 14.9. The van der Waals surface area contributed by atoms with Crippen molar-refractivity contribution in [2.24, 2.45) is 0 Å². The molecular formula is C15H18ClF7N2O6S2. The van der Waals surface area contributed by atoms with Crippen LogP contribution in [0.25, 0.3) is 0 Å². The van der Waals surface area contributed by atoms with Crippen LogP contribution < -0.4 is 0 Å². The first-order valence-corrected chi connectivity index (χ1v) is 12.1. The van der Waals surface area contributed by atoms with Gasteiger partial charge in [-0.15, -0.1) is 4.71 Å². The van der Waals surface area contributed by atoms with E-state index in [4.69, 9.17) is 37.5 Å². The molecule has 18 heteroatoms. The van der Waals surface area contributed by atoms with Crippen molar-refractivity contribution in [3.05, 3.63) is 35.9 Å². The van der Waals surface area contributed by atoms with Gasteiger partial charge in [0.1, 0.15) is 19.6 Å². The number of hydrogen-bond acceptors (Lipinski definition) is 6. The van der Waals surface area contributed by atoms with Crippen molar-refractivity contribution in [1.29, 1.82) is 0 Å². The molecule has 3 fully saturated rings. The molecule has 192 valence electrons. The first-order chi connectivity index (χ1) is 14.7. The average molecular weight is 555 g/mol. The summed E-state index contributed by atoms with van der Waals surface area (Å²) in [6, 6.07) is 10.6. The molecule has 3 saturated heterocycles. The second kappa shape index (κ2) is 10.2. The predicted octanol–water partition coefficient (Wildman–Crippen LogP) is 2.57. The summed E-state index contributed by atoms with van der Waals surface area (Å²) in [7, 11) is -12.2. The molecule has 3 heterocycles. The first-order valence-electron chi connectivity index (χ1n) is 8.74. The lowest BCUT2D eigenvalue weighted by atomic mass is 9.97. The highest BCUT2D eigenvalue weighted by molar-refractivity contribution is 7.86. The Bertz CT molecular complexity index is 954. The molecule has 1 atom stereocenters. The highest BCUT2D eigenvalue weighted by Gasteiger charge is 2.57. The van der Waals surface area contributed by atoms with Gasteiger partial charge in [-0.2, -0.15) is 26.3 Å². The Hall–Kier alpha value is -1.24. The molecule has 2 bridgehead atoms. The Morgan fingerprint density at radius 1 is 0.848 bits per heavy atom. The van der Waals surface area contributed by atoms with Crippen LogP contribution >= 0.6 is 11.6 Å². The zero-order valence-electron chi connectivity index (χ0n) is 16.4. The molecule has 3 aliphatic heterocycles. The SMILES string of the molecule is F[N+]12CC[N+](CCl)(CC1)CC2c1ccccc1.O=S(=O)([O-])C(F)(F)F.O=S(=O)([O-])C(F)(F)F. The van der Waals surface area contributed by atoms with E-state index < -0.39 is 31.3 Å². The molecule has 1 aromatic carbocycles. The van der Waals surface area contributed by atoms with E-state index in [-0.39, 0.29) is 10.7 Å². The second-order valence-corrected chi connectivity index (χ2v) is 10.2. The third kappa shape index (κ3) is 7.90. The standard InChI is InChI=1S/C13H18ClFN2.2CHF3O3S/c14-11-16-6-8-17(15,9-7-16)13(10-16)12-4-2-1-3-5-12;2*2-1(3,4)8(5,6)7/h1-5,13H,6-11H2;2*(H,5,6,7)/q+2;;/p-2. The third-order valence-electron chi connectivity index (χ3n) is 5.02. The van der Waals surface area contributed by atoms with Crippen molar-refractivity contribution >= 4 is 31.8 Å². The number of rotatable bonds is 2. The van der Waals surface area contributed by atoms with Gasteiger partial charge in [-0.1, -0.05) is 41.9 Å². The number of quaternary nitrogens is 2. The minimum Gasteiger partial charge on any atom is -0.741 e. The summed E-state index contributed by atoms with van der Waals surface area (Å²) in [5, 5.41) is 0. The Balaban J connectivity index is 0.000000288. The number of benzene rings is 1. The average Bonchev–Trinajstić information content (AvgIpc) is 2.67. The smallest absolute Gasteiger partial charge is 0.485 e. The minimum absolute atomic E-state index is 0.0301. The fourth-order valence-corrected chi connectivity index (χ4v) is 3.54. The predicted molar refractivity (Wildman–Crippen MR) is 97.4 cm³/mol. The van der Waals surface area contributed by atoms with Crippen molar-refractivity contribution < 1.29 is 66.0 Å². The molecule has 0 radical (unpaired) electrons. The van der Waals surface area contributed by atoms with E-state index in [1.807, 2.05) is 30.3 Å². The van der Waals surface area contributed by atoms with E-state index in [1.54, 1.807) is 0 Å². The molecule has 1 aromatic rings. The molecule has 0 saturated carbocycles. The maximum absolute atomic E-state index is 14.9. The summed E-state index contributed by atoms with van der Waals surface area (Å²) in [5.74, 6) is 0. The molecule has 4 rings (SSSR count). The molecule has 0 N–H and O–H groups in total. The molecule has 33 heavy (non-hydrogen) atoms. The van der Waals surface area contributed by atoms with Crippen molar-refractivity contribution in [2.75, 3.05) is 38.7 Å². The minimum atomic E-state index is -6.09. The summed E-state index contributed by atoms with van der Waals surface area (Å²) in [5.41, 5.74) is -10.2. The van der Waals surface area contributed by atoms with E-state index in [2.05, 4.69) is 0 Å². The van der Waals surface area contributed by atoms with Crippen LogP contribution in [0.15, 0.2) is 30.3 Å². The van der Waals surface area contributed by atoms with Crippen LogP contribution in [-0.4, -0.2) is 84.9 Å². The van der Waals surface area contributed by atoms with E-state index in [9.17, 15) is 30.8 Å². The van der Waals surface area contributed by atoms with Crippen LogP contribution in [-0.2, 0) is 20.2 Å². The van der Waals surface area contributed by atoms with Gasteiger partial charge in [-0.3, -0.25) is 4.48 Å². The maximum Gasteiger partial charge on any atom is 0.485 e. The summed E-state index contributed by atoms with van der Waals surface area (Å²) in [6.07, 6.45) is 0. The van der Waals surface area contributed by atoms with Crippen molar-refractivity contribution in [2.45, 2.75) is 17.1 Å². The number of nitrogens with zero attached hydrogens (tertiary/aromatic N) is 2. The topological polar surface area (TPSA) is 114 Å². The van der Waals surface area contributed by atoms with Crippen LogP contribution in [0.2, 0.25) is 0 Å². The lowest BCUT2D eigenvalue weighted by Gasteiger charge is -2.52. The van der Waals surface area contributed by atoms with Gasteiger partial charge in [0.2, 0.25) is 0 Å². The summed E-state index contributed by atoms with van der Waals surface area (Å²) in [6.45, 7) is 3.80. The van der Waals surface area contributed by atoms with Crippen LogP contribution in [0.5, 0.6) is 0 Å². The van der Waals surface area contributed by atoms with E-state index in [0.29, 0.717) is 19.1 Å². The zero-order chi connectivity index (χ0) is 25.9. The lowest BCUT2D eigenvalue weighted by molar-refractivity contribution is -1.17. The normalized spacial score (nSPS) is 27.6. The van der Waals surface area contributed by atoms with Gasteiger partial charge in [0.05, 0.1) is 0 Å². The quantitative estimate of drug-likeness (QED) is 0.106. The summed E-state index contributed by atoms with van der Waals surface area (Å²) in [4.78, 5) is 0. The lowest BCUT2D eigenvalue weighted by Crippen LogP contribution is -2.72. The van der Waals surface area contributed by atoms with E-state index >= 15 is 0 Å². The monoisotopic (exact) mass is 554 g/mol. The molecule has 8 nitrogen and oxygen atoms in total. The van der Waals surface area contributed by atoms with Crippen molar-refractivity contribution in [3.8, 4) is 0 Å². The van der Waals surface area contributed by atoms with Gasteiger partial charge in [0.15, 0.2) is 45.4 Å². The molecule has 0 spiro atoms. The Kier molecular flexibility index (Phi) is 9.18. The van der Waals surface area contributed by atoms with Gasteiger partial charge >= 0.3 is 11.0 Å². The van der Waals surface area contributed by atoms with Crippen LogP contribution in [0.4, 0.5) is 30.8 Å². The Morgan fingerprint density at radius 2 is 1.21 bits per heavy atom. The molecule has 0 amide bonds. The first kappa shape index (κ1) is 29.8. The van der Waals surface area contributed by atoms with Crippen LogP contribution in [0.3, 0.4) is 0 Å². The fraction of sp³-hybridized carbons (Fsp3) is 0.600. The molecule has 0 aromatic heterocycles. The summed E-state index contributed by atoms with van der Waals surface area (Å²) >= 11 is 6.10. The molecule has 1 unspecified atom stereocenters. The fourth-order valence-electron chi connectivity index (χ4n) is 3.20. The zero-order valence-corrected chi connectivity index (χ0v) is 18.8. The van der Waals surface area contributed by atoms with E-state index in [0.717, 1.165) is 29.7 Å². The third-order valence-corrected chi connectivity index (χ3v) is 6.66. The molecule has 3 aliphatic rings. The van der Waals surface area contributed by atoms with Crippen LogP contribution in [0, 0.1) is 0 Å². The number of halogens is 8. The largest absolute Gasteiger partial charge is 0.741 e. The van der Waals surface area contributed by atoms with Crippen molar-refractivity contribution in [1.82, 2.24) is 0 Å². The molecule has 0 aliphatic carbocycles. The Morgan fingerprint density at radius 3 is 1.52 bits per heavy atom. The van der Waals surface area contributed by atoms with Gasteiger partial charge in [0, 0.05) is 5.56 Å². The van der Waals surface area contributed by atoms with Gasteiger partial charge in [-0.05, 0) is 4.48 Å². The van der Waals surface area contributed by atoms with Gasteiger partial charge < -0.3 is 9.11 Å². The summed E-state index contributed by atoms with van der Waals surface area (Å²) < 4.78 is 133. The second-order valence-electron chi connectivity index (χ2n) is 7.19.